The highest BCUT2D eigenvalue weighted by Gasteiger charge is 2.18. The quantitative estimate of drug-likeness (QED) is 0.646. The maximum atomic E-state index is 9.92. The Labute approximate surface area is 133 Å². The lowest BCUT2D eigenvalue weighted by atomic mass is 10.3. The largest absolute Gasteiger partial charge is 0.491 e. The van der Waals surface area contributed by atoms with E-state index in [2.05, 4.69) is 15.9 Å². The second-order valence-corrected chi connectivity index (χ2v) is 6.01. The number of morpholine rings is 1. The van der Waals surface area contributed by atoms with Crippen molar-refractivity contribution in [3.05, 3.63) is 28.7 Å². The fraction of sp³-hybridized carbons (Fsp3) is 0.600. The molecule has 0 bridgehead atoms. The van der Waals surface area contributed by atoms with Crippen LogP contribution in [0.15, 0.2) is 28.7 Å². The van der Waals surface area contributed by atoms with Crippen LogP contribution in [-0.4, -0.2) is 63.9 Å². The van der Waals surface area contributed by atoms with Gasteiger partial charge in [-0.15, -0.1) is 0 Å². The first-order valence-electron chi connectivity index (χ1n) is 7.29. The van der Waals surface area contributed by atoms with Gasteiger partial charge in [0.1, 0.15) is 38.1 Å². The first-order chi connectivity index (χ1) is 10.2. The highest BCUT2D eigenvalue weighted by atomic mass is 79.9. The number of nitrogens with one attached hydrogen (secondary N) is 1. The van der Waals surface area contributed by atoms with E-state index < -0.39 is 6.10 Å². The molecule has 0 unspecified atom stereocenters. The van der Waals surface area contributed by atoms with E-state index in [9.17, 15) is 5.11 Å². The number of aliphatic hydroxyl groups excluding tert-OH is 1. The predicted octanol–water partition coefficient (Wildman–Crippen LogP) is 0.121. The molecule has 1 aliphatic rings. The third-order valence-corrected chi connectivity index (χ3v) is 3.87. The summed E-state index contributed by atoms with van der Waals surface area (Å²) in [7, 11) is 0. The summed E-state index contributed by atoms with van der Waals surface area (Å²) in [5.74, 6) is 0.820. The van der Waals surface area contributed by atoms with Gasteiger partial charge in [-0.2, -0.15) is 0 Å². The number of hydrogen-bond acceptors (Lipinski definition) is 4. The molecular formula is C15H23BrNO4+. The minimum atomic E-state index is -0.425. The molecule has 0 amide bonds. The predicted molar refractivity (Wildman–Crippen MR) is 82.8 cm³/mol. The fourth-order valence-electron chi connectivity index (χ4n) is 2.22. The van der Waals surface area contributed by atoms with Gasteiger partial charge < -0.3 is 24.2 Å². The lowest BCUT2D eigenvalue weighted by molar-refractivity contribution is -0.911. The van der Waals surface area contributed by atoms with Crippen molar-refractivity contribution >= 4 is 15.9 Å². The zero-order valence-electron chi connectivity index (χ0n) is 12.1. The van der Waals surface area contributed by atoms with Crippen molar-refractivity contribution in [2.24, 2.45) is 0 Å². The van der Waals surface area contributed by atoms with Crippen molar-refractivity contribution < 1.29 is 24.2 Å². The highest BCUT2D eigenvalue weighted by Crippen LogP contribution is 2.15. The first kappa shape index (κ1) is 16.7. The molecule has 1 aromatic rings. The van der Waals surface area contributed by atoms with Crippen LogP contribution in [0.3, 0.4) is 0 Å². The van der Waals surface area contributed by atoms with Crippen LogP contribution in [0.5, 0.6) is 5.75 Å². The minimum Gasteiger partial charge on any atom is -0.491 e. The normalized spacial score (nSPS) is 17.6. The average Bonchev–Trinajstić information content (AvgIpc) is 2.50. The maximum absolute atomic E-state index is 9.92. The van der Waals surface area contributed by atoms with Crippen molar-refractivity contribution in [3.63, 3.8) is 0 Å². The second-order valence-electron chi connectivity index (χ2n) is 5.10. The summed E-state index contributed by atoms with van der Waals surface area (Å²) in [5.41, 5.74) is 0. The number of rotatable bonds is 8. The smallest absolute Gasteiger partial charge is 0.126 e. The molecule has 1 fully saturated rings. The van der Waals surface area contributed by atoms with Crippen LogP contribution in [0.1, 0.15) is 0 Å². The van der Waals surface area contributed by atoms with E-state index in [0.29, 0.717) is 19.8 Å². The van der Waals surface area contributed by atoms with Gasteiger partial charge in [0.25, 0.3) is 0 Å². The maximum Gasteiger partial charge on any atom is 0.126 e. The fourth-order valence-corrected chi connectivity index (χ4v) is 2.49. The minimum absolute atomic E-state index is 0.355. The molecule has 1 heterocycles. The van der Waals surface area contributed by atoms with E-state index in [4.69, 9.17) is 14.2 Å². The van der Waals surface area contributed by atoms with Gasteiger partial charge in [-0.3, -0.25) is 0 Å². The van der Waals surface area contributed by atoms with E-state index >= 15 is 0 Å². The molecule has 1 saturated heterocycles. The molecule has 0 saturated carbocycles. The van der Waals surface area contributed by atoms with Gasteiger partial charge in [0.15, 0.2) is 0 Å². The van der Waals surface area contributed by atoms with Gasteiger partial charge in [0, 0.05) is 4.47 Å². The molecule has 0 aliphatic carbocycles. The van der Waals surface area contributed by atoms with Crippen molar-refractivity contribution in [3.8, 4) is 5.75 Å². The summed E-state index contributed by atoms with van der Waals surface area (Å²) < 4.78 is 17.3. The Balaban J connectivity index is 1.51. The van der Waals surface area contributed by atoms with Crippen LogP contribution >= 0.6 is 15.9 Å². The van der Waals surface area contributed by atoms with E-state index in [1.165, 1.54) is 4.90 Å². The van der Waals surface area contributed by atoms with Gasteiger partial charge in [-0.05, 0) is 24.3 Å². The van der Waals surface area contributed by atoms with Crippen LogP contribution in [0.25, 0.3) is 0 Å². The number of ether oxygens (including phenoxy) is 3. The SMILES string of the molecule is O[C@H](COCCOc1ccc(Br)cc1)C[NH+]1CCOCC1. The lowest BCUT2D eigenvalue weighted by Crippen LogP contribution is -3.15. The van der Waals surface area contributed by atoms with E-state index in [0.717, 1.165) is 43.1 Å². The molecule has 1 aromatic carbocycles. The molecule has 1 aliphatic heterocycles. The van der Waals surface area contributed by atoms with Crippen molar-refractivity contribution in [1.82, 2.24) is 0 Å². The molecule has 2 N–H and O–H groups in total. The average molecular weight is 361 g/mol. The summed E-state index contributed by atoms with van der Waals surface area (Å²) >= 11 is 3.38. The summed E-state index contributed by atoms with van der Waals surface area (Å²) in [6.07, 6.45) is -0.425. The van der Waals surface area contributed by atoms with Gasteiger partial charge in [0.05, 0.1) is 26.4 Å². The van der Waals surface area contributed by atoms with Crippen molar-refractivity contribution in [1.29, 1.82) is 0 Å². The molecule has 5 nitrogen and oxygen atoms in total. The number of hydrogen-bond donors (Lipinski definition) is 2. The summed E-state index contributed by atoms with van der Waals surface area (Å²) in [5, 5.41) is 9.92. The molecule has 6 heteroatoms. The number of aliphatic hydroxyl groups is 1. The second kappa shape index (κ2) is 9.38. The first-order valence-corrected chi connectivity index (χ1v) is 8.09. The molecule has 0 spiro atoms. The summed E-state index contributed by atoms with van der Waals surface area (Å²) in [6.45, 7) is 5.52. The zero-order valence-corrected chi connectivity index (χ0v) is 13.7. The Kier molecular flexibility index (Phi) is 7.46. The topological polar surface area (TPSA) is 52.4 Å². The Morgan fingerprint density at radius 2 is 1.90 bits per heavy atom. The Hall–Kier alpha value is -0.660. The summed E-state index contributed by atoms with van der Waals surface area (Å²) in [6, 6.07) is 7.68. The van der Waals surface area contributed by atoms with Crippen LogP contribution in [0.4, 0.5) is 0 Å². The number of benzene rings is 1. The zero-order chi connectivity index (χ0) is 14.9. The molecule has 0 radical (unpaired) electrons. The third-order valence-electron chi connectivity index (χ3n) is 3.34. The molecular weight excluding hydrogens is 338 g/mol. The summed E-state index contributed by atoms with van der Waals surface area (Å²) in [4.78, 5) is 1.38. The number of halogens is 1. The van der Waals surface area contributed by atoms with E-state index in [1.54, 1.807) is 0 Å². The van der Waals surface area contributed by atoms with Crippen LogP contribution in [-0.2, 0) is 9.47 Å². The van der Waals surface area contributed by atoms with Gasteiger partial charge in [-0.25, -0.2) is 0 Å². The van der Waals surface area contributed by atoms with Gasteiger partial charge in [-0.1, -0.05) is 15.9 Å². The molecule has 2 rings (SSSR count). The van der Waals surface area contributed by atoms with Crippen molar-refractivity contribution in [2.45, 2.75) is 6.10 Å². The number of quaternary nitrogens is 1. The van der Waals surface area contributed by atoms with Crippen LogP contribution in [0.2, 0.25) is 0 Å². The van der Waals surface area contributed by atoms with Crippen LogP contribution in [0, 0.1) is 0 Å². The lowest BCUT2D eigenvalue weighted by Gasteiger charge is -2.25. The third kappa shape index (κ3) is 6.76. The van der Waals surface area contributed by atoms with E-state index in [1.807, 2.05) is 24.3 Å². The molecule has 0 aromatic heterocycles. The van der Waals surface area contributed by atoms with Crippen molar-refractivity contribution in [2.75, 3.05) is 52.7 Å². The standard InChI is InChI=1S/C15H22BrNO4/c16-13-1-3-15(4-2-13)21-10-9-20-12-14(18)11-17-5-7-19-8-6-17/h1-4,14,18H,5-12H2/p+1/t14-/m0/s1. The highest BCUT2D eigenvalue weighted by molar-refractivity contribution is 9.10. The van der Waals surface area contributed by atoms with Gasteiger partial charge >= 0.3 is 0 Å². The Morgan fingerprint density at radius 1 is 1.19 bits per heavy atom. The molecule has 21 heavy (non-hydrogen) atoms. The van der Waals surface area contributed by atoms with Crippen LogP contribution < -0.4 is 9.64 Å². The Bertz CT molecular complexity index is 395. The van der Waals surface area contributed by atoms with Gasteiger partial charge in [0.2, 0.25) is 0 Å². The molecule has 118 valence electrons. The Morgan fingerprint density at radius 3 is 2.62 bits per heavy atom. The monoisotopic (exact) mass is 360 g/mol. The van der Waals surface area contributed by atoms with E-state index in [-0.39, 0.29) is 0 Å². The molecule has 1 atom stereocenters.